The van der Waals surface area contributed by atoms with Gasteiger partial charge in [-0.05, 0) is 41.8 Å². The van der Waals surface area contributed by atoms with E-state index in [0.29, 0.717) is 6.54 Å². The molecule has 2 rings (SSSR count). The average Bonchev–Trinajstić information content (AvgIpc) is 2.59. The molecule has 0 atom stereocenters. The number of hydrogen-bond acceptors (Lipinski definition) is 2. The molecule has 0 unspecified atom stereocenters. The Balaban J connectivity index is 0.00000338. The van der Waals surface area contributed by atoms with Crippen molar-refractivity contribution in [3.05, 3.63) is 59.7 Å². The first-order chi connectivity index (χ1) is 11.9. The summed E-state index contributed by atoms with van der Waals surface area (Å²) in [7, 11) is 0. The van der Waals surface area contributed by atoms with Gasteiger partial charge in [-0.2, -0.15) is 13.2 Å². The van der Waals surface area contributed by atoms with Gasteiger partial charge < -0.3 is 15.8 Å². The van der Waals surface area contributed by atoms with Gasteiger partial charge in [-0.25, -0.2) is 4.99 Å². The van der Waals surface area contributed by atoms with Crippen molar-refractivity contribution in [1.82, 2.24) is 0 Å². The minimum atomic E-state index is -4.35. The Kier molecular flexibility index (Phi) is 8.70. The van der Waals surface area contributed by atoms with Crippen LogP contribution in [0.25, 0.3) is 0 Å². The molecular formula is C18H21F3IN3O. The fourth-order valence-corrected chi connectivity index (χ4v) is 2.04. The molecule has 0 saturated heterocycles. The summed E-state index contributed by atoms with van der Waals surface area (Å²) in [4.78, 5) is 4.21. The molecule has 2 aromatic carbocycles. The van der Waals surface area contributed by atoms with Crippen LogP contribution in [0.2, 0.25) is 0 Å². The van der Waals surface area contributed by atoms with Crippen molar-refractivity contribution in [3.8, 4) is 5.75 Å². The standard InChI is InChI=1S/C18H20F3N3O.HI/c1-2-13-3-7-15(8-4-13)24-17(22)23-11-14-5-9-16(10-6-14)25-12-18(19,20)21;/h3-10H,2,11-12H2,1H3,(H3,22,23,24);1H. The smallest absolute Gasteiger partial charge is 0.422 e. The summed E-state index contributed by atoms with van der Waals surface area (Å²) in [5, 5.41) is 2.99. The lowest BCUT2D eigenvalue weighted by Gasteiger charge is -2.09. The number of rotatable bonds is 6. The molecule has 3 N–H and O–H groups in total. The largest absolute Gasteiger partial charge is 0.484 e. The van der Waals surface area contributed by atoms with Crippen LogP contribution in [0.5, 0.6) is 5.75 Å². The summed E-state index contributed by atoms with van der Waals surface area (Å²) >= 11 is 0. The molecule has 0 spiro atoms. The minimum Gasteiger partial charge on any atom is -0.484 e. The molecule has 0 bridgehead atoms. The monoisotopic (exact) mass is 479 g/mol. The molecule has 26 heavy (non-hydrogen) atoms. The van der Waals surface area contributed by atoms with Crippen molar-refractivity contribution in [2.24, 2.45) is 10.7 Å². The quantitative estimate of drug-likeness (QED) is 0.358. The van der Waals surface area contributed by atoms with Crippen molar-refractivity contribution < 1.29 is 17.9 Å². The first kappa shape index (κ1) is 22.1. The van der Waals surface area contributed by atoms with E-state index in [1.54, 1.807) is 12.1 Å². The topological polar surface area (TPSA) is 59.6 Å². The van der Waals surface area contributed by atoms with Gasteiger partial charge in [0.05, 0.1) is 6.54 Å². The normalized spacial score (nSPS) is 11.6. The SMILES string of the molecule is CCc1ccc(NC(N)=NCc2ccc(OCC(F)(F)F)cc2)cc1.I. The number of nitrogens with zero attached hydrogens (tertiary/aromatic N) is 1. The lowest BCUT2D eigenvalue weighted by molar-refractivity contribution is -0.153. The van der Waals surface area contributed by atoms with Gasteiger partial charge in [0.15, 0.2) is 12.6 Å². The number of hydrogen-bond donors (Lipinski definition) is 2. The summed E-state index contributed by atoms with van der Waals surface area (Å²) in [5.41, 5.74) is 8.72. The van der Waals surface area contributed by atoms with Crippen molar-refractivity contribution in [2.45, 2.75) is 26.1 Å². The van der Waals surface area contributed by atoms with E-state index in [4.69, 9.17) is 5.73 Å². The van der Waals surface area contributed by atoms with Gasteiger partial charge in [0.1, 0.15) is 5.75 Å². The van der Waals surface area contributed by atoms with Gasteiger partial charge in [0, 0.05) is 5.69 Å². The number of alkyl halides is 3. The van der Waals surface area contributed by atoms with Crippen LogP contribution in [0, 0.1) is 0 Å². The van der Waals surface area contributed by atoms with Crippen molar-refractivity contribution in [2.75, 3.05) is 11.9 Å². The van der Waals surface area contributed by atoms with Crippen LogP contribution in [-0.4, -0.2) is 18.7 Å². The van der Waals surface area contributed by atoms with Crippen molar-refractivity contribution in [3.63, 3.8) is 0 Å². The second-order valence-electron chi connectivity index (χ2n) is 5.42. The van der Waals surface area contributed by atoms with Crippen LogP contribution in [0.15, 0.2) is 53.5 Å². The van der Waals surface area contributed by atoms with Crippen molar-refractivity contribution in [1.29, 1.82) is 0 Å². The Bertz CT molecular complexity index is 701. The molecule has 2 aromatic rings. The maximum absolute atomic E-state index is 12.1. The molecular weight excluding hydrogens is 458 g/mol. The molecule has 0 saturated carbocycles. The van der Waals surface area contributed by atoms with Crippen LogP contribution < -0.4 is 15.8 Å². The molecule has 0 aliphatic heterocycles. The molecule has 0 fully saturated rings. The summed E-state index contributed by atoms with van der Waals surface area (Å²) in [6, 6.07) is 14.1. The van der Waals surface area contributed by atoms with E-state index < -0.39 is 12.8 Å². The van der Waals surface area contributed by atoms with Gasteiger partial charge in [-0.15, -0.1) is 24.0 Å². The number of anilines is 1. The average molecular weight is 479 g/mol. The van der Waals surface area contributed by atoms with E-state index in [-0.39, 0.29) is 35.7 Å². The minimum absolute atomic E-state index is 0. The molecule has 0 amide bonds. The van der Waals surface area contributed by atoms with Crippen LogP contribution in [-0.2, 0) is 13.0 Å². The maximum atomic E-state index is 12.1. The first-order valence-electron chi connectivity index (χ1n) is 7.80. The lowest BCUT2D eigenvalue weighted by atomic mass is 10.1. The Hall–Kier alpha value is -1.97. The highest BCUT2D eigenvalue weighted by Gasteiger charge is 2.28. The number of halogens is 4. The summed E-state index contributed by atoms with van der Waals surface area (Å²) in [6.45, 7) is 1.08. The zero-order valence-electron chi connectivity index (χ0n) is 14.2. The summed E-state index contributed by atoms with van der Waals surface area (Å²) < 4.78 is 40.9. The van der Waals surface area contributed by atoms with E-state index >= 15 is 0 Å². The maximum Gasteiger partial charge on any atom is 0.422 e. The number of benzene rings is 2. The van der Waals surface area contributed by atoms with Crippen LogP contribution in [0.1, 0.15) is 18.1 Å². The number of ether oxygens (including phenoxy) is 1. The van der Waals surface area contributed by atoms with Crippen LogP contribution in [0.4, 0.5) is 18.9 Å². The highest BCUT2D eigenvalue weighted by molar-refractivity contribution is 14.0. The molecule has 0 radical (unpaired) electrons. The van der Waals surface area contributed by atoms with E-state index in [1.807, 2.05) is 24.3 Å². The second-order valence-corrected chi connectivity index (χ2v) is 5.42. The fourth-order valence-electron chi connectivity index (χ4n) is 2.04. The first-order valence-corrected chi connectivity index (χ1v) is 7.80. The Morgan fingerprint density at radius 2 is 1.62 bits per heavy atom. The Morgan fingerprint density at radius 3 is 2.15 bits per heavy atom. The zero-order chi connectivity index (χ0) is 18.3. The van der Waals surface area contributed by atoms with Crippen LogP contribution >= 0.6 is 24.0 Å². The van der Waals surface area contributed by atoms with Crippen LogP contribution in [0.3, 0.4) is 0 Å². The molecule has 0 heterocycles. The van der Waals surface area contributed by atoms with Gasteiger partial charge in [0.25, 0.3) is 0 Å². The molecule has 0 aliphatic carbocycles. The predicted molar refractivity (Wildman–Crippen MR) is 108 cm³/mol. The number of nitrogens with two attached hydrogens (primary N) is 1. The zero-order valence-corrected chi connectivity index (χ0v) is 16.5. The predicted octanol–water partition coefficient (Wildman–Crippen LogP) is 4.73. The Morgan fingerprint density at radius 1 is 1.04 bits per heavy atom. The number of aryl methyl sites for hydroxylation is 1. The number of nitrogens with one attached hydrogen (secondary N) is 1. The van der Waals surface area contributed by atoms with E-state index in [0.717, 1.165) is 17.7 Å². The molecule has 8 heteroatoms. The number of aliphatic imine (C=N–C) groups is 1. The summed E-state index contributed by atoms with van der Waals surface area (Å²) in [6.07, 6.45) is -3.38. The molecule has 4 nitrogen and oxygen atoms in total. The second kappa shape index (κ2) is 10.2. The third-order valence-corrected chi connectivity index (χ3v) is 3.39. The van der Waals surface area contributed by atoms with Gasteiger partial charge in [0.2, 0.25) is 0 Å². The Labute approximate surface area is 167 Å². The van der Waals surface area contributed by atoms with Crippen molar-refractivity contribution >= 4 is 35.6 Å². The molecule has 0 aromatic heterocycles. The van der Waals surface area contributed by atoms with E-state index in [2.05, 4.69) is 22.0 Å². The third-order valence-electron chi connectivity index (χ3n) is 3.39. The highest BCUT2D eigenvalue weighted by Crippen LogP contribution is 2.19. The van der Waals surface area contributed by atoms with E-state index in [9.17, 15) is 13.2 Å². The number of guanidine groups is 1. The van der Waals surface area contributed by atoms with Gasteiger partial charge >= 0.3 is 6.18 Å². The van der Waals surface area contributed by atoms with Gasteiger partial charge in [-0.1, -0.05) is 31.2 Å². The molecule has 142 valence electrons. The third kappa shape index (κ3) is 7.94. The lowest BCUT2D eigenvalue weighted by Crippen LogP contribution is -2.22. The summed E-state index contributed by atoms with van der Waals surface area (Å²) in [5.74, 6) is 0.425. The van der Waals surface area contributed by atoms with Gasteiger partial charge in [-0.3, -0.25) is 0 Å². The molecule has 0 aliphatic rings. The van der Waals surface area contributed by atoms with E-state index in [1.165, 1.54) is 17.7 Å². The highest BCUT2D eigenvalue weighted by atomic mass is 127. The fraction of sp³-hybridized carbons (Fsp3) is 0.278.